The zero-order chi connectivity index (χ0) is 26.7. The maximum absolute atomic E-state index is 12.7. The fourth-order valence-electron chi connectivity index (χ4n) is 4.54. The number of nitriles is 1. The molecule has 9 nitrogen and oxygen atoms in total. The molecule has 0 atom stereocenters. The molecular formula is C29H30N6O3. The summed E-state index contributed by atoms with van der Waals surface area (Å²) in [6.07, 6.45) is 5.43. The van der Waals surface area contributed by atoms with E-state index in [1.165, 1.54) is 6.20 Å². The van der Waals surface area contributed by atoms with Crippen molar-refractivity contribution in [3.63, 3.8) is 0 Å². The summed E-state index contributed by atoms with van der Waals surface area (Å²) in [6, 6.07) is 17.8. The second kappa shape index (κ2) is 10.5. The third-order valence-electron chi connectivity index (χ3n) is 6.51. The summed E-state index contributed by atoms with van der Waals surface area (Å²) in [5.41, 5.74) is 2.75. The number of hydrogen-bond donors (Lipinski definition) is 1. The van der Waals surface area contributed by atoms with Gasteiger partial charge in [0.25, 0.3) is 0 Å². The number of fused-ring (bicyclic) bond motifs is 1. The Kier molecular flexibility index (Phi) is 6.99. The molecule has 1 fully saturated rings. The number of pyridine rings is 2. The molecule has 0 aliphatic carbocycles. The van der Waals surface area contributed by atoms with Crippen molar-refractivity contribution in [3.8, 4) is 22.9 Å². The van der Waals surface area contributed by atoms with Gasteiger partial charge in [-0.3, -0.25) is 4.79 Å². The summed E-state index contributed by atoms with van der Waals surface area (Å²) in [4.78, 5) is 21.5. The van der Waals surface area contributed by atoms with Gasteiger partial charge in [0.1, 0.15) is 24.2 Å². The molecule has 1 aliphatic heterocycles. The molecule has 1 aromatic carbocycles. The van der Waals surface area contributed by atoms with Crippen LogP contribution in [-0.2, 0) is 11.2 Å². The van der Waals surface area contributed by atoms with E-state index < -0.39 is 5.60 Å². The number of carbonyl (C=O) groups excluding carboxylic acids is 1. The van der Waals surface area contributed by atoms with E-state index in [2.05, 4.69) is 16.1 Å². The average Bonchev–Trinajstić information content (AvgIpc) is 3.35. The molecule has 4 heterocycles. The van der Waals surface area contributed by atoms with Gasteiger partial charge in [-0.2, -0.15) is 10.4 Å². The van der Waals surface area contributed by atoms with Gasteiger partial charge >= 0.3 is 0 Å². The molecule has 3 aromatic heterocycles. The maximum atomic E-state index is 12.7. The quantitative estimate of drug-likeness (QED) is 0.407. The molecule has 4 aromatic rings. The van der Waals surface area contributed by atoms with Crippen LogP contribution in [0.15, 0.2) is 67.1 Å². The largest absolute Gasteiger partial charge is 0.489 e. The van der Waals surface area contributed by atoms with Crippen LogP contribution in [0.1, 0.15) is 25.0 Å². The molecule has 1 saturated heterocycles. The van der Waals surface area contributed by atoms with Crippen LogP contribution >= 0.6 is 0 Å². The minimum absolute atomic E-state index is 0.112. The lowest BCUT2D eigenvalue weighted by atomic mass is 10.1. The molecule has 1 amide bonds. The number of rotatable bonds is 7. The van der Waals surface area contributed by atoms with Gasteiger partial charge in [-0.1, -0.05) is 30.3 Å². The first kappa shape index (κ1) is 25.2. The van der Waals surface area contributed by atoms with E-state index in [1.54, 1.807) is 30.8 Å². The lowest BCUT2D eigenvalue weighted by Gasteiger charge is -2.35. The van der Waals surface area contributed by atoms with Gasteiger partial charge in [0, 0.05) is 43.5 Å². The first-order valence-electron chi connectivity index (χ1n) is 12.6. The van der Waals surface area contributed by atoms with Crippen LogP contribution in [0.3, 0.4) is 0 Å². The van der Waals surface area contributed by atoms with Crippen molar-refractivity contribution < 1.29 is 14.6 Å². The summed E-state index contributed by atoms with van der Waals surface area (Å²) in [7, 11) is 0. The number of hydrogen-bond acceptors (Lipinski definition) is 7. The number of carbonyl (C=O) groups is 1. The molecule has 9 heteroatoms. The van der Waals surface area contributed by atoms with Crippen LogP contribution in [0.4, 0.5) is 5.82 Å². The second-order valence-electron chi connectivity index (χ2n) is 10.1. The Morgan fingerprint density at radius 1 is 1.11 bits per heavy atom. The average molecular weight is 511 g/mol. The van der Waals surface area contributed by atoms with Gasteiger partial charge in [0.05, 0.1) is 35.5 Å². The molecular weight excluding hydrogens is 480 g/mol. The van der Waals surface area contributed by atoms with E-state index in [9.17, 15) is 15.2 Å². The molecule has 38 heavy (non-hydrogen) atoms. The summed E-state index contributed by atoms with van der Waals surface area (Å²) >= 11 is 0. The first-order chi connectivity index (χ1) is 18.3. The van der Waals surface area contributed by atoms with E-state index >= 15 is 0 Å². The van der Waals surface area contributed by atoms with E-state index in [1.807, 2.05) is 53.4 Å². The minimum Gasteiger partial charge on any atom is -0.489 e. The standard InChI is InChI=1S/C29H30N6O3/c1-29(2,37)20-38-24-15-25(28-23(16-30)18-32-35(28)19-24)22-8-9-26(31-17-22)33-10-12-34(13-11-33)27(36)14-21-6-4-3-5-7-21/h3-9,15,17-19,37H,10-14,20H2,1-2H3. The summed E-state index contributed by atoms with van der Waals surface area (Å²) in [5, 5.41) is 24.0. The van der Waals surface area contributed by atoms with Crippen LogP contribution in [0.25, 0.3) is 16.6 Å². The van der Waals surface area contributed by atoms with Gasteiger partial charge in [-0.15, -0.1) is 0 Å². The predicted octanol–water partition coefficient (Wildman–Crippen LogP) is 3.31. The Hall–Kier alpha value is -4.42. The monoisotopic (exact) mass is 510 g/mol. The van der Waals surface area contributed by atoms with Crippen molar-refractivity contribution >= 4 is 17.2 Å². The third-order valence-corrected chi connectivity index (χ3v) is 6.51. The Labute approximate surface area is 221 Å². The minimum atomic E-state index is -0.990. The SMILES string of the molecule is CC(C)(O)COc1cc(-c2ccc(N3CCN(C(=O)Cc4ccccc4)CC3)nc2)c2c(C#N)cnn2c1. The fourth-order valence-corrected chi connectivity index (χ4v) is 4.54. The van der Waals surface area contributed by atoms with Crippen LogP contribution in [0, 0.1) is 11.3 Å². The second-order valence-corrected chi connectivity index (χ2v) is 10.1. The van der Waals surface area contributed by atoms with Crippen molar-refractivity contribution in [2.45, 2.75) is 25.9 Å². The van der Waals surface area contributed by atoms with Crippen molar-refractivity contribution in [1.29, 1.82) is 5.26 Å². The van der Waals surface area contributed by atoms with Gasteiger partial charge in [0.15, 0.2) is 0 Å². The normalized spacial score (nSPS) is 13.9. The zero-order valence-electron chi connectivity index (χ0n) is 21.5. The number of piperazine rings is 1. The topological polar surface area (TPSA) is 107 Å². The van der Waals surface area contributed by atoms with Crippen molar-refractivity contribution in [1.82, 2.24) is 19.5 Å². The molecule has 5 rings (SSSR count). The van der Waals surface area contributed by atoms with Gasteiger partial charge < -0.3 is 19.6 Å². The number of benzene rings is 1. The van der Waals surface area contributed by atoms with Crippen molar-refractivity contribution in [2.24, 2.45) is 0 Å². The Morgan fingerprint density at radius 3 is 2.53 bits per heavy atom. The Balaban J connectivity index is 1.31. The highest BCUT2D eigenvalue weighted by molar-refractivity contribution is 5.85. The smallest absolute Gasteiger partial charge is 0.227 e. The summed E-state index contributed by atoms with van der Waals surface area (Å²) in [6.45, 7) is 6.18. The molecule has 0 bridgehead atoms. The number of amides is 1. The van der Waals surface area contributed by atoms with Gasteiger partial charge in [-0.25, -0.2) is 9.50 Å². The number of nitrogens with zero attached hydrogens (tertiary/aromatic N) is 6. The highest BCUT2D eigenvalue weighted by Gasteiger charge is 2.22. The highest BCUT2D eigenvalue weighted by Crippen LogP contribution is 2.31. The van der Waals surface area contributed by atoms with E-state index in [4.69, 9.17) is 9.72 Å². The lowest BCUT2D eigenvalue weighted by Crippen LogP contribution is -2.49. The van der Waals surface area contributed by atoms with Crippen LogP contribution in [0.2, 0.25) is 0 Å². The predicted molar refractivity (Wildman–Crippen MR) is 144 cm³/mol. The third kappa shape index (κ3) is 5.61. The maximum Gasteiger partial charge on any atom is 0.227 e. The molecule has 0 saturated carbocycles. The lowest BCUT2D eigenvalue weighted by molar-refractivity contribution is -0.130. The molecule has 0 unspecified atom stereocenters. The van der Waals surface area contributed by atoms with Crippen LogP contribution in [-0.4, -0.2) is 68.9 Å². The summed E-state index contributed by atoms with van der Waals surface area (Å²) in [5.74, 6) is 1.51. The molecule has 1 N–H and O–H groups in total. The van der Waals surface area contributed by atoms with Crippen molar-refractivity contribution in [3.05, 3.63) is 78.2 Å². The molecule has 194 valence electrons. The fraction of sp³-hybridized carbons (Fsp3) is 0.310. The molecule has 1 aliphatic rings. The molecule has 0 spiro atoms. The number of ether oxygens (including phenoxy) is 1. The van der Waals surface area contributed by atoms with Crippen LogP contribution in [0.5, 0.6) is 5.75 Å². The Morgan fingerprint density at radius 2 is 1.87 bits per heavy atom. The van der Waals surface area contributed by atoms with Gasteiger partial charge in [-0.05, 0) is 37.6 Å². The molecule has 0 radical (unpaired) electrons. The number of aromatic nitrogens is 3. The number of anilines is 1. The first-order valence-corrected chi connectivity index (χ1v) is 12.6. The zero-order valence-corrected chi connectivity index (χ0v) is 21.5. The van der Waals surface area contributed by atoms with E-state index in [-0.39, 0.29) is 12.5 Å². The van der Waals surface area contributed by atoms with E-state index in [0.717, 1.165) is 22.5 Å². The number of aliphatic hydroxyl groups is 1. The van der Waals surface area contributed by atoms with Gasteiger partial charge in [0.2, 0.25) is 5.91 Å². The Bertz CT molecular complexity index is 1460. The van der Waals surface area contributed by atoms with Crippen LogP contribution < -0.4 is 9.64 Å². The van der Waals surface area contributed by atoms with E-state index in [0.29, 0.717) is 49.4 Å². The summed E-state index contributed by atoms with van der Waals surface area (Å²) < 4.78 is 7.43. The highest BCUT2D eigenvalue weighted by atomic mass is 16.5. The van der Waals surface area contributed by atoms with Crippen molar-refractivity contribution in [2.75, 3.05) is 37.7 Å².